The lowest BCUT2D eigenvalue weighted by Crippen LogP contribution is -2.40. The van der Waals surface area contributed by atoms with Crippen molar-refractivity contribution in [3.8, 4) is 11.8 Å². The predicted molar refractivity (Wildman–Crippen MR) is 141 cm³/mol. The molecule has 5 rings (SSSR count). The molecule has 2 N–H and O–H groups in total. The first-order valence-electron chi connectivity index (χ1n) is 12.5. The van der Waals surface area contributed by atoms with E-state index < -0.39 is 0 Å². The van der Waals surface area contributed by atoms with Crippen molar-refractivity contribution in [2.24, 2.45) is 17.8 Å². The van der Waals surface area contributed by atoms with Crippen LogP contribution in [0.1, 0.15) is 25.3 Å². The van der Waals surface area contributed by atoms with Gasteiger partial charge in [0.05, 0.1) is 34.0 Å². The molecule has 37 heavy (non-hydrogen) atoms. The number of benzene rings is 2. The summed E-state index contributed by atoms with van der Waals surface area (Å²) in [7, 11) is 0. The summed E-state index contributed by atoms with van der Waals surface area (Å²) in [5.41, 5.74) is 0.853. The highest BCUT2D eigenvalue weighted by Gasteiger charge is 2.33. The molecule has 3 aromatic rings. The van der Waals surface area contributed by atoms with Crippen LogP contribution < -0.4 is 26.6 Å². The maximum Gasteiger partial charge on any atom is 0.331 e. The van der Waals surface area contributed by atoms with Gasteiger partial charge in [-0.05, 0) is 56.0 Å². The molecule has 1 saturated carbocycles. The lowest BCUT2D eigenvalue weighted by atomic mass is 9.96. The normalized spacial score (nSPS) is 19.1. The Hall–Kier alpha value is -3.61. The molecule has 2 atom stereocenters. The van der Waals surface area contributed by atoms with Gasteiger partial charge in [-0.15, -0.1) is 0 Å². The van der Waals surface area contributed by atoms with Gasteiger partial charge in [-0.3, -0.25) is 18.7 Å². The van der Waals surface area contributed by atoms with Gasteiger partial charge in [-0.25, -0.2) is 4.79 Å². The van der Waals surface area contributed by atoms with E-state index in [2.05, 4.69) is 10.6 Å². The number of rotatable bonds is 8. The van der Waals surface area contributed by atoms with E-state index in [1.807, 2.05) is 13.0 Å². The van der Waals surface area contributed by atoms with Crippen LogP contribution in [0.15, 0.2) is 46.0 Å². The van der Waals surface area contributed by atoms with Crippen molar-refractivity contribution in [1.82, 2.24) is 14.5 Å². The lowest BCUT2D eigenvalue weighted by molar-refractivity contribution is -0.120. The standard InChI is InChI=1S/C27H28ClN5O4/c1-2-32-24-8-6-19(9-21(24)26(35)33(27(32)36)14-16-3-4-16)31-25(34)22-13-30-12-18(22)15-37-20-7-5-17(11-29)23(28)10-20/h5-10,16,18,22,30H,2-4,12-15H2,1H3,(H,31,34)/t18-,22+/m0/s1. The molecule has 0 unspecified atom stereocenters. The molecule has 2 aliphatic rings. The molecule has 1 aliphatic heterocycles. The topological polar surface area (TPSA) is 118 Å². The van der Waals surface area contributed by atoms with Crippen molar-refractivity contribution < 1.29 is 9.53 Å². The number of carbonyl (C=O) groups is 1. The fourth-order valence-electron chi connectivity index (χ4n) is 4.86. The van der Waals surface area contributed by atoms with Crippen LogP contribution in [0.5, 0.6) is 5.75 Å². The molecule has 0 radical (unpaired) electrons. The second-order valence-electron chi connectivity index (χ2n) is 9.70. The van der Waals surface area contributed by atoms with E-state index in [4.69, 9.17) is 21.6 Å². The van der Waals surface area contributed by atoms with Crippen molar-refractivity contribution in [1.29, 1.82) is 5.26 Å². The number of amides is 1. The van der Waals surface area contributed by atoms with Gasteiger partial charge in [0.25, 0.3) is 5.56 Å². The maximum atomic E-state index is 13.2. The first kappa shape index (κ1) is 25.1. The summed E-state index contributed by atoms with van der Waals surface area (Å²) in [6.07, 6.45) is 2.06. The van der Waals surface area contributed by atoms with Crippen LogP contribution in [0.2, 0.25) is 5.02 Å². The maximum absolute atomic E-state index is 13.2. The van der Waals surface area contributed by atoms with Gasteiger partial charge in [0, 0.05) is 43.9 Å². The zero-order valence-corrected chi connectivity index (χ0v) is 21.3. The monoisotopic (exact) mass is 521 g/mol. The molecule has 10 heteroatoms. The van der Waals surface area contributed by atoms with E-state index in [9.17, 15) is 14.4 Å². The number of ether oxygens (including phenoxy) is 1. The Bertz CT molecular complexity index is 1520. The Kier molecular flexibility index (Phi) is 7.04. The van der Waals surface area contributed by atoms with Gasteiger partial charge >= 0.3 is 5.69 Å². The summed E-state index contributed by atoms with van der Waals surface area (Å²) in [6.45, 7) is 4.19. The minimum atomic E-state index is -0.333. The molecule has 0 spiro atoms. The minimum absolute atomic E-state index is 0.0732. The quantitative estimate of drug-likeness (QED) is 0.470. The summed E-state index contributed by atoms with van der Waals surface area (Å²) in [5.74, 6) is 0.342. The van der Waals surface area contributed by atoms with E-state index in [0.717, 1.165) is 12.8 Å². The molecule has 1 aromatic heterocycles. The molecule has 192 valence electrons. The van der Waals surface area contributed by atoms with Crippen LogP contribution in [-0.4, -0.2) is 34.7 Å². The Balaban J connectivity index is 1.33. The molecule has 0 bridgehead atoms. The number of halogens is 1. The molecule has 2 fully saturated rings. The van der Waals surface area contributed by atoms with Crippen LogP contribution in [0.25, 0.3) is 10.9 Å². The highest BCUT2D eigenvalue weighted by Crippen LogP contribution is 2.30. The van der Waals surface area contributed by atoms with E-state index in [1.54, 1.807) is 41.0 Å². The first-order valence-corrected chi connectivity index (χ1v) is 12.9. The Morgan fingerprint density at radius 3 is 2.70 bits per heavy atom. The highest BCUT2D eigenvalue weighted by molar-refractivity contribution is 6.31. The number of nitriles is 1. The number of hydrogen-bond donors (Lipinski definition) is 2. The summed E-state index contributed by atoms with van der Waals surface area (Å²) in [4.78, 5) is 39.3. The second-order valence-corrected chi connectivity index (χ2v) is 10.1. The van der Waals surface area contributed by atoms with Gasteiger partial charge < -0.3 is 15.4 Å². The zero-order chi connectivity index (χ0) is 26.1. The largest absolute Gasteiger partial charge is 0.493 e. The lowest BCUT2D eigenvalue weighted by Gasteiger charge is -2.19. The van der Waals surface area contributed by atoms with E-state index in [0.29, 0.717) is 71.6 Å². The minimum Gasteiger partial charge on any atom is -0.493 e. The Morgan fingerprint density at radius 1 is 1.19 bits per heavy atom. The number of nitrogens with zero attached hydrogens (tertiary/aromatic N) is 3. The van der Waals surface area contributed by atoms with Crippen molar-refractivity contribution in [2.45, 2.75) is 32.9 Å². The molecular weight excluding hydrogens is 494 g/mol. The summed E-state index contributed by atoms with van der Waals surface area (Å²) in [6, 6.07) is 12.0. The zero-order valence-electron chi connectivity index (χ0n) is 20.5. The third-order valence-electron chi connectivity index (χ3n) is 7.15. The third-order valence-corrected chi connectivity index (χ3v) is 7.46. The molecular formula is C27H28ClN5O4. The number of nitrogens with one attached hydrogen (secondary N) is 2. The first-order chi connectivity index (χ1) is 17.9. The smallest absolute Gasteiger partial charge is 0.331 e. The van der Waals surface area contributed by atoms with Crippen LogP contribution >= 0.6 is 11.6 Å². The van der Waals surface area contributed by atoms with Gasteiger partial charge in [0.15, 0.2) is 0 Å². The highest BCUT2D eigenvalue weighted by atomic mass is 35.5. The van der Waals surface area contributed by atoms with E-state index in [-0.39, 0.29) is 29.0 Å². The molecule has 1 aliphatic carbocycles. The average molecular weight is 522 g/mol. The van der Waals surface area contributed by atoms with Crippen molar-refractivity contribution in [3.63, 3.8) is 0 Å². The number of anilines is 1. The molecule has 9 nitrogen and oxygen atoms in total. The number of aromatic nitrogens is 2. The van der Waals surface area contributed by atoms with Crippen molar-refractivity contribution in [3.05, 3.63) is 67.8 Å². The van der Waals surface area contributed by atoms with Gasteiger partial charge in [0.2, 0.25) is 5.91 Å². The fraction of sp³-hybridized carbons (Fsp3) is 0.407. The fourth-order valence-corrected chi connectivity index (χ4v) is 5.07. The van der Waals surface area contributed by atoms with E-state index in [1.165, 1.54) is 4.57 Å². The third kappa shape index (κ3) is 5.13. The number of aryl methyl sites for hydroxylation is 1. The van der Waals surface area contributed by atoms with E-state index >= 15 is 0 Å². The van der Waals surface area contributed by atoms with Crippen LogP contribution in [0.3, 0.4) is 0 Å². The summed E-state index contributed by atoms with van der Waals surface area (Å²) < 4.78 is 8.81. The van der Waals surface area contributed by atoms with Gasteiger partial charge in [-0.2, -0.15) is 5.26 Å². The average Bonchev–Trinajstić information content (AvgIpc) is 3.59. The number of fused-ring (bicyclic) bond motifs is 1. The molecule has 1 saturated heterocycles. The SMILES string of the molecule is CCn1c(=O)n(CC2CC2)c(=O)c2cc(NC(=O)[C@@H]3CNC[C@H]3COc3ccc(C#N)c(Cl)c3)ccc21. The van der Waals surface area contributed by atoms with Crippen molar-refractivity contribution in [2.75, 3.05) is 25.0 Å². The van der Waals surface area contributed by atoms with Crippen LogP contribution in [0.4, 0.5) is 5.69 Å². The summed E-state index contributed by atoms with van der Waals surface area (Å²) in [5, 5.41) is 16.0. The Labute approximate surface area is 218 Å². The van der Waals surface area contributed by atoms with Gasteiger partial charge in [-0.1, -0.05) is 11.6 Å². The van der Waals surface area contributed by atoms with Crippen LogP contribution in [-0.2, 0) is 17.9 Å². The van der Waals surface area contributed by atoms with Crippen LogP contribution in [0, 0.1) is 29.1 Å². The summed E-state index contributed by atoms with van der Waals surface area (Å²) >= 11 is 6.09. The number of carbonyl (C=O) groups excluding carboxylic acids is 1. The number of hydrogen-bond acceptors (Lipinski definition) is 6. The molecule has 2 aromatic carbocycles. The van der Waals surface area contributed by atoms with Crippen molar-refractivity contribution >= 4 is 34.1 Å². The predicted octanol–water partition coefficient (Wildman–Crippen LogP) is 2.97. The van der Waals surface area contributed by atoms with Gasteiger partial charge in [0.1, 0.15) is 11.8 Å². The molecule has 2 heterocycles. The molecule has 1 amide bonds. The Morgan fingerprint density at radius 2 is 2.00 bits per heavy atom. The second kappa shape index (κ2) is 10.4.